The summed E-state index contributed by atoms with van der Waals surface area (Å²) < 4.78 is 5.43. The van der Waals surface area contributed by atoms with Gasteiger partial charge in [-0.2, -0.15) is 0 Å². The molecule has 0 saturated heterocycles. The number of ether oxygens (including phenoxy) is 1. The van der Waals surface area contributed by atoms with Gasteiger partial charge >= 0.3 is 0 Å². The van der Waals surface area contributed by atoms with Crippen molar-refractivity contribution in [2.24, 2.45) is 0 Å². The van der Waals surface area contributed by atoms with Crippen LogP contribution in [0.3, 0.4) is 0 Å². The molecule has 6 nitrogen and oxygen atoms in total. The molecule has 1 rings (SSSR count). The van der Waals surface area contributed by atoms with E-state index in [4.69, 9.17) is 4.74 Å². The molecule has 0 aliphatic rings. The van der Waals surface area contributed by atoms with Gasteiger partial charge in [0.15, 0.2) is 0 Å². The molecule has 1 unspecified atom stereocenters. The zero-order valence-corrected chi connectivity index (χ0v) is 10.5. The van der Waals surface area contributed by atoms with Crippen LogP contribution in [-0.2, 0) is 4.79 Å². The zero-order valence-electron chi connectivity index (χ0n) is 10.5. The number of amides is 1. The Balaban J connectivity index is 2.68. The van der Waals surface area contributed by atoms with Crippen molar-refractivity contribution in [2.75, 3.05) is 12.4 Å². The standard InChI is InChI=1S/C11H18N4O2/c1-7(2)17-10-5-9(13-6-14-10)15-8(3)11(16)12-4/h5-8H,1-4H3,(H,12,16)(H,13,14,15). The highest BCUT2D eigenvalue weighted by Crippen LogP contribution is 2.13. The van der Waals surface area contributed by atoms with Gasteiger partial charge in [0.25, 0.3) is 0 Å². The van der Waals surface area contributed by atoms with E-state index in [2.05, 4.69) is 20.6 Å². The monoisotopic (exact) mass is 238 g/mol. The van der Waals surface area contributed by atoms with Crippen molar-refractivity contribution in [1.29, 1.82) is 0 Å². The predicted octanol–water partition coefficient (Wildman–Crippen LogP) is 0.810. The second-order valence-corrected chi connectivity index (χ2v) is 3.89. The van der Waals surface area contributed by atoms with Crippen LogP contribution in [0.4, 0.5) is 5.82 Å². The number of hydrogen-bond acceptors (Lipinski definition) is 5. The van der Waals surface area contributed by atoms with E-state index in [-0.39, 0.29) is 18.1 Å². The van der Waals surface area contributed by atoms with Crippen LogP contribution in [0.2, 0.25) is 0 Å². The van der Waals surface area contributed by atoms with Crippen molar-refractivity contribution in [3.63, 3.8) is 0 Å². The molecule has 0 spiro atoms. The van der Waals surface area contributed by atoms with Crippen molar-refractivity contribution < 1.29 is 9.53 Å². The van der Waals surface area contributed by atoms with Crippen LogP contribution in [0.5, 0.6) is 5.88 Å². The molecule has 0 saturated carbocycles. The molecule has 1 aromatic rings. The first kappa shape index (κ1) is 13.2. The molecule has 0 radical (unpaired) electrons. The van der Waals surface area contributed by atoms with Crippen molar-refractivity contribution >= 4 is 11.7 Å². The smallest absolute Gasteiger partial charge is 0.241 e. The lowest BCUT2D eigenvalue weighted by molar-refractivity contribution is -0.121. The maximum atomic E-state index is 11.3. The maximum absolute atomic E-state index is 11.3. The summed E-state index contributed by atoms with van der Waals surface area (Å²) in [5.41, 5.74) is 0. The third-order valence-corrected chi connectivity index (χ3v) is 2.00. The molecular formula is C11H18N4O2. The lowest BCUT2D eigenvalue weighted by Crippen LogP contribution is -2.35. The van der Waals surface area contributed by atoms with E-state index in [9.17, 15) is 4.79 Å². The van der Waals surface area contributed by atoms with Gasteiger partial charge in [-0.05, 0) is 20.8 Å². The fraction of sp³-hybridized carbons (Fsp3) is 0.545. The lowest BCUT2D eigenvalue weighted by atomic mass is 10.3. The van der Waals surface area contributed by atoms with Crippen molar-refractivity contribution in [2.45, 2.75) is 32.9 Å². The molecule has 0 aliphatic carbocycles. The van der Waals surface area contributed by atoms with Gasteiger partial charge in [-0.25, -0.2) is 9.97 Å². The number of anilines is 1. The normalized spacial score (nSPS) is 12.1. The quantitative estimate of drug-likeness (QED) is 0.794. The molecule has 1 heterocycles. The van der Waals surface area contributed by atoms with Crippen molar-refractivity contribution in [1.82, 2.24) is 15.3 Å². The molecule has 6 heteroatoms. The van der Waals surface area contributed by atoms with E-state index >= 15 is 0 Å². The van der Waals surface area contributed by atoms with Gasteiger partial charge in [0.05, 0.1) is 6.10 Å². The molecule has 0 aromatic carbocycles. The average Bonchev–Trinajstić information content (AvgIpc) is 2.27. The lowest BCUT2D eigenvalue weighted by Gasteiger charge is -2.14. The average molecular weight is 238 g/mol. The SMILES string of the molecule is CNC(=O)C(C)Nc1cc(OC(C)C)ncn1. The van der Waals surface area contributed by atoms with Crippen LogP contribution >= 0.6 is 0 Å². The van der Waals surface area contributed by atoms with Crippen molar-refractivity contribution in [3.8, 4) is 5.88 Å². The minimum atomic E-state index is -0.359. The zero-order chi connectivity index (χ0) is 12.8. The summed E-state index contributed by atoms with van der Waals surface area (Å²) in [7, 11) is 1.59. The van der Waals surface area contributed by atoms with Crippen LogP contribution in [-0.4, -0.2) is 35.1 Å². The van der Waals surface area contributed by atoms with Crippen LogP contribution < -0.4 is 15.4 Å². The molecule has 1 amide bonds. The fourth-order valence-corrected chi connectivity index (χ4v) is 1.23. The summed E-state index contributed by atoms with van der Waals surface area (Å²) in [6.07, 6.45) is 1.45. The van der Waals surface area contributed by atoms with E-state index in [0.717, 1.165) is 0 Å². The number of likely N-dealkylation sites (N-methyl/N-ethyl adjacent to an activating group) is 1. The minimum Gasteiger partial charge on any atom is -0.475 e. The number of aromatic nitrogens is 2. The second-order valence-electron chi connectivity index (χ2n) is 3.89. The Morgan fingerprint density at radius 3 is 2.65 bits per heavy atom. The molecule has 0 bridgehead atoms. The Hall–Kier alpha value is -1.85. The summed E-state index contributed by atoms with van der Waals surface area (Å²) in [6.45, 7) is 5.59. The number of carbonyl (C=O) groups excluding carboxylic acids is 1. The van der Waals surface area contributed by atoms with Crippen molar-refractivity contribution in [3.05, 3.63) is 12.4 Å². The summed E-state index contributed by atoms with van der Waals surface area (Å²) in [6, 6.07) is 1.31. The highest BCUT2D eigenvalue weighted by Gasteiger charge is 2.11. The summed E-state index contributed by atoms with van der Waals surface area (Å²) in [5.74, 6) is 0.947. The Labute approximate surface area is 101 Å². The van der Waals surface area contributed by atoms with Gasteiger partial charge < -0.3 is 15.4 Å². The van der Waals surface area contributed by atoms with E-state index in [0.29, 0.717) is 11.7 Å². The number of hydrogen-bond donors (Lipinski definition) is 2. The van der Waals surface area contributed by atoms with Crippen LogP contribution in [0, 0.1) is 0 Å². The molecule has 0 aliphatic heterocycles. The summed E-state index contributed by atoms with van der Waals surface area (Å²) in [5, 5.41) is 5.52. The number of nitrogens with one attached hydrogen (secondary N) is 2. The van der Waals surface area contributed by atoms with Gasteiger partial charge in [-0.3, -0.25) is 4.79 Å². The van der Waals surface area contributed by atoms with Gasteiger partial charge in [0, 0.05) is 13.1 Å². The van der Waals surface area contributed by atoms with Gasteiger partial charge in [0.2, 0.25) is 11.8 Å². The third kappa shape index (κ3) is 4.26. The van der Waals surface area contributed by atoms with E-state index in [1.807, 2.05) is 13.8 Å². The van der Waals surface area contributed by atoms with E-state index in [1.54, 1.807) is 20.0 Å². The van der Waals surface area contributed by atoms with Crippen LogP contribution in [0.1, 0.15) is 20.8 Å². The first-order valence-corrected chi connectivity index (χ1v) is 5.49. The maximum Gasteiger partial charge on any atom is 0.241 e. The molecule has 0 fully saturated rings. The fourth-order valence-electron chi connectivity index (χ4n) is 1.23. The Kier molecular flexibility index (Phi) is 4.68. The molecule has 17 heavy (non-hydrogen) atoms. The molecule has 94 valence electrons. The Bertz CT molecular complexity index is 381. The van der Waals surface area contributed by atoms with E-state index in [1.165, 1.54) is 6.33 Å². The largest absolute Gasteiger partial charge is 0.475 e. The molecule has 1 atom stereocenters. The molecule has 1 aromatic heterocycles. The highest BCUT2D eigenvalue weighted by molar-refractivity contribution is 5.83. The number of carbonyl (C=O) groups is 1. The first-order chi connectivity index (χ1) is 8.02. The number of rotatable bonds is 5. The van der Waals surface area contributed by atoms with Crippen LogP contribution in [0.15, 0.2) is 12.4 Å². The number of nitrogens with zero attached hydrogens (tertiary/aromatic N) is 2. The third-order valence-electron chi connectivity index (χ3n) is 2.00. The molecular weight excluding hydrogens is 220 g/mol. The highest BCUT2D eigenvalue weighted by atomic mass is 16.5. The Morgan fingerprint density at radius 1 is 1.35 bits per heavy atom. The van der Waals surface area contributed by atoms with Crippen LogP contribution in [0.25, 0.3) is 0 Å². The van der Waals surface area contributed by atoms with E-state index < -0.39 is 0 Å². The molecule has 2 N–H and O–H groups in total. The predicted molar refractivity (Wildman–Crippen MR) is 64.9 cm³/mol. The van der Waals surface area contributed by atoms with Gasteiger partial charge in [-0.1, -0.05) is 0 Å². The van der Waals surface area contributed by atoms with Gasteiger partial charge in [-0.15, -0.1) is 0 Å². The summed E-state index contributed by atoms with van der Waals surface area (Å²) in [4.78, 5) is 19.3. The topological polar surface area (TPSA) is 76.1 Å². The second kappa shape index (κ2) is 6.03. The first-order valence-electron chi connectivity index (χ1n) is 5.49. The Morgan fingerprint density at radius 2 is 2.06 bits per heavy atom. The minimum absolute atomic E-state index is 0.0501. The summed E-state index contributed by atoms with van der Waals surface area (Å²) >= 11 is 0. The van der Waals surface area contributed by atoms with Gasteiger partial charge in [0.1, 0.15) is 18.2 Å².